The molecule has 3 rings (SSSR count). The van der Waals surface area contributed by atoms with Gasteiger partial charge in [-0.1, -0.05) is 39.7 Å². The fourth-order valence-corrected chi connectivity index (χ4v) is 2.78. The molecule has 0 saturated carbocycles. The molecule has 0 bridgehead atoms. The maximum Gasteiger partial charge on any atom is 0.143 e. The van der Waals surface area contributed by atoms with E-state index in [0.29, 0.717) is 0 Å². The van der Waals surface area contributed by atoms with E-state index in [2.05, 4.69) is 59.4 Å². The average molecular weight is 318 g/mol. The Hall–Kier alpha value is -1.48. The Morgan fingerprint density at radius 3 is 2.84 bits per heavy atom. The van der Waals surface area contributed by atoms with Gasteiger partial charge in [-0.15, -0.1) is 0 Å². The van der Waals surface area contributed by atoms with E-state index in [4.69, 9.17) is 4.74 Å². The second kappa shape index (κ2) is 4.89. The van der Waals surface area contributed by atoms with Crippen molar-refractivity contribution >= 4 is 21.6 Å². The van der Waals surface area contributed by atoms with Crippen molar-refractivity contribution in [3.8, 4) is 5.75 Å². The fourth-order valence-electron chi connectivity index (χ4n) is 2.42. The fraction of sp³-hybridized carbons (Fsp3) is 0.250. The van der Waals surface area contributed by atoms with Crippen LogP contribution in [-0.4, -0.2) is 6.54 Å². The summed E-state index contributed by atoms with van der Waals surface area (Å²) < 4.78 is 7.19. The second-order valence-corrected chi connectivity index (χ2v) is 5.90. The van der Waals surface area contributed by atoms with Crippen LogP contribution in [0.15, 0.2) is 40.9 Å². The number of nitrogens with one attached hydrogen (secondary N) is 1. The van der Waals surface area contributed by atoms with Gasteiger partial charge in [-0.05, 0) is 43.2 Å². The number of benzene rings is 2. The van der Waals surface area contributed by atoms with Gasteiger partial charge in [-0.25, -0.2) is 0 Å². The Balaban J connectivity index is 1.93. The Morgan fingerprint density at radius 1 is 1.16 bits per heavy atom. The number of hydrogen-bond acceptors (Lipinski definition) is 2. The van der Waals surface area contributed by atoms with E-state index in [1.165, 1.54) is 16.7 Å². The summed E-state index contributed by atoms with van der Waals surface area (Å²) >= 11 is 3.48. The van der Waals surface area contributed by atoms with Crippen LogP contribution in [0.4, 0.5) is 5.69 Å². The third-order valence-electron chi connectivity index (χ3n) is 3.47. The van der Waals surface area contributed by atoms with Crippen LogP contribution in [0.1, 0.15) is 22.8 Å². The van der Waals surface area contributed by atoms with E-state index in [-0.39, 0.29) is 6.10 Å². The highest BCUT2D eigenvalue weighted by Gasteiger charge is 2.22. The topological polar surface area (TPSA) is 21.3 Å². The first kappa shape index (κ1) is 12.5. The Kier molecular flexibility index (Phi) is 3.23. The first-order chi connectivity index (χ1) is 9.13. The van der Waals surface area contributed by atoms with E-state index in [9.17, 15) is 0 Å². The van der Waals surface area contributed by atoms with Gasteiger partial charge in [0.25, 0.3) is 0 Å². The second-order valence-electron chi connectivity index (χ2n) is 4.99. The summed E-state index contributed by atoms with van der Waals surface area (Å²) in [7, 11) is 0. The molecular weight excluding hydrogens is 302 g/mol. The maximum atomic E-state index is 6.13. The molecule has 1 aliphatic heterocycles. The van der Waals surface area contributed by atoms with Crippen molar-refractivity contribution in [1.82, 2.24) is 0 Å². The Morgan fingerprint density at radius 2 is 2.00 bits per heavy atom. The molecule has 3 heteroatoms. The number of anilines is 1. The zero-order chi connectivity index (χ0) is 13.4. The molecule has 1 unspecified atom stereocenters. The zero-order valence-corrected chi connectivity index (χ0v) is 12.6. The first-order valence-corrected chi connectivity index (χ1v) is 7.20. The van der Waals surface area contributed by atoms with Crippen LogP contribution >= 0.6 is 15.9 Å². The predicted molar refractivity (Wildman–Crippen MR) is 81.9 cm³/mol. The van der Waals surface area contributed by atoms with E-state index < -0.39 is 0 Å². The highest BCUT2D eigenvalue weighted by molar-refractivity contribution is 9.10. The lowest BCUT2D eigenvalue weighted by molar-refractivity contribution is 0.209. The number of halogens is 1. The molecule has 0 amide bonds. The minimum atomic E-state index is 0.0774. The van der Waals surface area contributed by atoms with Crippen LogP contribution in [0.25, 0.3) is 0 Å². The van der Waals surface area contributed by atoms with E-state index in [1.807, 2.05) is 12.1 Å². The quantitative estimate of drug-likeness (QED) is 0.829. The summed E-state index contributed by atoms with van der Waals surface area (Å²) in [6.45, 7) is 5.05. The SMILES string of the molecule is Cc1ccc(C)c(C2CNc3cc(Br)ccc3O2)c1. The van der Waals surface area contributed by atoms with Crippen LogP contribution in [0.5, 0.6) is 5.75 Å². The normalized spacial score (nSPS) is 17.3. The molecule has 1 atom stereocenters. The monoisotopic (exact) mass is 317 g/mol. The van der Waals surface area contributed by atoms with Gasteiger partial charge in [0.15, 0.2) is 0 Å². The molecule has 0 fully saturated rings. The summed E-state index contributed by atoms with van der Waals surface area (Å²) in [6.07, 6.45) is 0.0774. The smallest absolute Gasteiger partial charge is 0.143 e. The number of aryl methyl sites for hydroxylation is 2. The summed E-state index contributed by atoms with van der Waals surface area (Å²) in [5.41, 5.74) is 4.86. The molecule has 19 heavy (non-hydrogen) atoms. The van der Waals surface area contributed by atoms with E-state index in [1.54, 1.807) is 0 Å². The van der Waals surface area contributed by atoms with Gasteiger partial charge >= 0.3 is 0 Å². The third-order valence-corrected chi connectivity index (χ3v) is 3.96. The van der Waals surface area contributed by atoms with Crippen molar-refractivity contribution in [2.75, 3.05) is 11.9 Å². The molecule has 1 heterocycles. The van der Waals surface area contributed by atoms with Crippen molar-refractivity contribution in [1.29, 1.82) is 0 Å². The molecule has 2 nitrogen and oxygen atoms in total. The molecule has 2 aromatic rings. The Bertz CT molecular complexity index is 624. The molecular formula is C16H16BrNO. The summed E-state index contributed by atoms with van der Waals surface area (Å²) in [6, 6.07) is 12.6. The van der Waals surface area contributed by atoms with Gasteiger partial charge in [0.2, 0.25) is 0 Å². The van der Waals surface area contributed by atoms with Crippen molar-refractivity contribution in [3.05, 3.63) is 57.6 Å². The van der Waals surface area contributed by atoms with E-state index >= 15 is 0 Å². The number of rotatable bonds is 1. The lowest BCUT2D eigenvalue weighted by Crippen LogP contribution is -2.24. The molecule has 0 aliphatic carbocycles. The summed E-state index contributed by atoms with van der Waals surface area (Å²) in [5, 5.41) is 3.44. The number of fused-ring (bicyclic) bond motifs is 1. The van der Waals surface area contributed by atoms with Gasteiger partial charge < -0.3 is 10.1 Å². The molecule has 0 spiro atoms. The van der Waals surface area contributed by atoms with Gasteiger partial charge in [0.1, 0.15) is 11.9 Å². The van der Waals surface area contributed by atoms with Crippen LogP contribution < -0.4 is 10.1 Å². The van der Waals surface area contributed by atoms with Crippen molar-refractivity contribution in [3.63, 3.8) is 0 Å². The lowest BCUT2D eigenvalue weighted by atomic mass is 9.99. The molecule has 1 N–H and O–H groups in total. The summed E-state index contributed by atoms with van der Waals surface area (Å²) in [5.74, 6) is 0.917. The highest BCUT2D eigenvalue weighted by atomic mass is 79.9. The van der Waals surface area contributed by atoms with Gasteiger partial charge in [-0.2, -0.15) is 0 Å². The largest absolute Gasteiger partial charge is 0.482 e. The highest BCUT2D eigenvalue weighted by Crippen LogP contribution is 2.36. The minimum Gasteiger partial charge on any atom is -0.482 e. The van der Waals surface area contributed by atoms with Gasteiger partial charge in [0, 0.05) is 4.47 Å². The average Bonchev–Trinajstić information content (AvgIpc) is 2.41. The zero-order valence-electron chi connectivity index (χ0n) is 11.0. The molecule has 0 saturated heterocycles. The molecule has 1 aliphatic rings. The molecule has 0 radical (unpaired) electrons. The molecule has 0 aromatic heterocycles. The predicted octanol–water partition coefficient (Wildman–Crippen LogP) is 4.61. The van der Waals surface area contributed by atoms with Crippen LogP contribution in [0, 0.1) is 13.8 Å². The first-order valence-electron chi connectivity index (χ1n) is 6.41. The summed E-state index contributed by atoms with van der Waals surface area (Å²) in [4.78, 5) is 0. The van der Waals surface area contributed by atoms with Crippen molar-refractivity contribution < 1.29 is 4.74 Å². The van der Waals surface area contributed by atoms with E-state index in [0.717, 1.165) is 22.5 Å². The maximum absolute atomic E-state index is 6.13. The number of ether oxygens (including phenoxy) is 1. The minimum absolute atomic E-state index is 0.0774. The van der Waals surface area contributed by atoms with Crippen molar-refractivity contribution in [2.45, 2.75) is 20.0 Å². The van der Waals surface area contributed by atoms with Gasteiger partial charge in [-0.3, -0.25) is 0 Å². The third kappa shape index (κ3) is 2.47. The Labute approximate surface area is 121 Å². The lowest BCUT2D eigenvalue weighted by Gasteiger charge is -2.29. The molecule has 98 valence electrons. The van der Waals surface area contributed by atoms with Crippen LogP contribution in [0.2, 0.25) is 0 Å². The van der Waals surface area contributed by atoms with Crippen LogP contribution in [-0.2, 0) is 0 Å². The number of hydrogen-bond donors (Lipinski definition) is 1. The van der Waals surface area contributed by atoms with Crippen LogP contribution in [0.3, 0.4) is 0 Å². The molecule has 2 aromatic carbocycles. The standard InChI is InChI=1S/C16H16BrNO/c1-10-3-4-11(2)13(7-10)16-9-18-14-8-12(17)5-6-15(14)19-16/h3-8,16,18H,9H2,1-2H3. The van der Waals surface area contributed by atoms with Crippen molar-refractivity contribution in [2.24, 2.45) is 0 Å². The van der Waals surface area contributed by atoms with Gasteiger partial charge in [0.05, 0.1) is 12.2 Å².